The molecular formula is C14H17BF3K. The Balaban J connectivity index is 0.00000133. The number of halogens is 3. The van der Waals surface area contributed by atoms with Crippen LogP contribution in [0.4, 0.5) is 12.9 Å². The van der Waals surface area contributed by atoms with Gasteiger partial charge in [-0.25, -0.2) is 0 Å². The van der Waals surface area contributed by atoms with Crippen LogP contribution < -0.4 is 51.4 Å². The third kappa shape index (κ3) is 2.61. The maximum atomic E-state index is 12.8. The summed E-state index contributed by atoms with van der Waals surface area (Å²) in [5.41, 5.74) is 3.57. The van der Waals surface area contributed by atoms with E-state index in [2.05, 4.69) is 18.2 Å². The molecule has 4 rings (SSSR count). The molecule has 0 saturated heterocycles. The summed E-state index contributed by atoms with van der Waals surface area (Å²) < 4.78 is 38.5. The molecule has 3 saturated carbocycles. The first kappa shape index (κ1) is 16.1. The fourth-order valence-corrected chi connectivity index (χ4v) is 4.22. The molecule has 0 atom stereocenters. The van der Waals surface area contributed by atoms with Crippen LogP contribution in [0.5, 0.6) is 0 Å². The van der Waals surface area contributed by atoms with Gasteiger partial charge < -0.3 is 12.9 Å². The summed E-state index contributed by atoms with van der Waals surface area (Å²) >= 11 is 0. The zero-order valence-corrected chi connectivity index (χ0v) is 14.9. The Kier molecular flexibility index (Phi) is 4.12. The first-order valence-corrected chi connectivity index (χ1v) is 6.50. The van der Waals surface area contributed by atoms with Crippen molar-refractivity contribution in [1.82, 2.24) is 0 Å². The van der Waals surface area contributed by atoms with Crippen LogP contribution >= 0.6 is 0 Å². The molecule has 0 nitrogen and oxygen atoms in total. The topological polar surface area (TPSA) is 0 Å². The molecule has 98 valence electrons. The van der Waals surface area contributed by atoms with Crippen LogP contribution in [-0.4, -0.2) is 6.98 Å². The summed E-state index contributed by atoms with van der Waals surface area (Å²) in [5.74, 6) is 0. The van der Waals surface area contributed by atoms with E-state index in [9.17, 15) is 12.9 Å². The molecule has 0 aromatic heterocycles. The molecule has 0 N–H and O–H groups in total. The second-order valence-electron chi connectivity index (χ2n) is 6.64. The van der Waals surface area contributed by atoms with Gasteiger partial charge in [0, 0.05) is 0 Å². The fourth-order valence-electron chi connectivity index (χ4n) is 4.22. The third-order valence-corrected chi connectivity index (χ3v) is 4.74. The quantitative estimate of drug-likeness (QED) is 0.743. The average molecular weight is 292 g/mol. The normalized spacial score (nSPS) is 32.1. The van der Waals surface area contributed by atoms with Gasteiger partial charge in [0.2, 0.25) is 0 Å². The van der Waals surface area contributed by atoms with E-state index >= 15 is 0 Å². The van der Waals surface area contributed by atoms with E-state index in [-0.39, 0.29) is 56.8 Å². The second-order valence-corrected chi connectivity index (χ2v) is 6.64. The molecule has 5 heteroatoms. The summed E-state index contributed by atoms with van der Waals surface area (Å²) in [7, 11) is 0. The van der Waals surface area contributed by atoms with E-state index < -0.39 is 12.3 Å². The number of hydrogen-bond donors (Lipinski definition) is 0. The Morgan fingerprint density at radius 1 is 1.00 bits per heavy atom. The molecule has 0 amide bonds. The van der Waals surface area contributed by atoms with Crippen molar-refractivity contribution in [2.45, 2.75) is 44.8 Å². The van der Waals surface area contributed by atoms with Crippen molar-refractivity contribution >= 4 is 6.98 Å². The zero-order chi connectivity index (χ0) is 13.2. The summed E-state index contributed by atoms with van der Waals surface area (Å²) in [6.07, 6.45) is 1.94. The minimum atomic E-state index is -4.63. The number of hydrogen-bond acceptors (Lipinski definition) is 0. The van der Waals surface area contributed by atoms with Crippen LogP contribution in [0.3, 0.4) is 0 Å². The van der Waals surface area contributed by atoms with Gasteiger partial charge in [0.15, 0.2) is 0 Å². The molecule has 0 heterocycles. The van der Waals surface area contributed by atoms with E-state index in [0.29, 0.717) is 19.3 Å². The van der Waals surface area contributed by atoms with Gasteiger partial charge in [0.05, 0.1) is 0 Å². The van der Waals surface area contributed by atoms with Crippen LogP contribution in [0.15, 0.2) is 18.2 Å². The maximum absolute atomic E-state index is 12.8. The van der Waals surface area contributed by atoms with E-state index in [1.54, 1.807) is 0 Å². The standard InChI is InChI=1S/C14H17BF3.K/c1-10-3-11(2)5-12(4-10)6-13-7-14(8-13,9-13)15(16,17)18;/h3-5H,6-9H2,1-2H3;/q-1;+1. The van der Waals surface area contributed by atoms with Crippen LogP contribution in [0.1, 0.15) is 36.0 Å². The minimum Gasteiger partial charge on any atom is -0.449 e. The molecule has 2 bridgehead atoms. The number of rotatable bonds is 3. The number of benzene rings is 1. The van der Waals surface area contributed by atoms with Crippen molar-refractivity contribution in [3.63, 3.8) is 0 Å². The Labute approximate surface area is 155 Å². The molecule has 0 aliphatic heterocycles. The Hall–Kier alpha value is 0.711. The molecule has 0 radical (unpaired) electrons. The van der Waals surface area contributed by atoms with E-state index in [4.69, 9.17) is 0 Å². The summed E-state index contributed by atoms with van der Waals surface area (Å²) in [6.45, 7) is -0.551. The average Bonchev–Trinajstić information content (AvgIpc) is 2.04. The molecule has 3 aliphatic carbocycles. The van der Waals surface area contributed by atoms with Crippen molar-refractivity contribution in [2.24, 2.45) is 5.41 Å². The first-order chi connectivity index (χ1) is 8.24. The largest absolute Gasteiger partial charge is 1.00 e. The summed E-state index contributed by atoms with van der Waals surface area (Å²) in [6, 6.07) is 6.32. The predicted molar refractivity (Wildman–Crippen MR) is 67.7 cm³/mol. The molecule has 19 heavy (non-hydrogen) atoms. The fraction of sp³-hybridized carbons (Fsp3) is 0.571. The predicted octanol–water partition coefficient (Wildman–Crippen LogP) is 1.62. The molecule has 0 unspecified atom stereocenters. The Morgan fingerprint density at radius 2 is 1.47 bits per heavy atom. The van der Waals surface area contributed by atoms with E-state index in [1.165, 1.54) is 16.7 Å². The van der Waals surface area contributed by atoms with Gasteiger partial charge in [-0.2, -0.15) is 0 Å². The van der Waals surface area contributed by atoms with Gasteiger partial charge in [0.25, 0.3) is 0 Å². The van der Waals surface area contributed by atoms with Gasteiger partial charge in [0.1, 0.15) is 0 Å². The van der Waals surface area contributed by atoms with Crippen LogP contribution in [0.2, 0.25) is 5.31 Å². The van der Waals surface area contributed by atoms with E-state index in [0.717, 1.165) is 6.42 Å². The van der Waals surface area contributed by atoms with Crippen molar-refractivity contribution in [2.75, 3.05) is 0 Å². The van der Waals surface area contributed by atoms with Gasteiger partial charge in [-0.1, -0.05) is 53.9 Å². The maximum Gasteiger partial charge on any atom is 1.00 e. The van der Waals surface area contributed by atoms with Gasteiger partial charge >= 0.3 is 58.4 Å². The number of aryl methyl sites for hydroxylation is 2. The van der Waals surface area contributed by atoms with E-state index in [1.807, 2.05) is 13.8 Å². The minimum absolute atomic E-state index is 0. The molecule has 3 fully saturated rings. The van der Waals surface area contributed by atoms with Crippen molar-refractivity contribution in [3.05, 3.63) is 34.9 Å². The van der Waals surface area contributed by atoms with Crippen molar-refractivity contribution in [3.8, 4) is 0 Å². The van der Waals surface area contributed by atoms with Gasteiger partial charge in [-0.15, -0.1) is 0 Å². The van der Waals surface area contributed by atoms with Gasteiger partial charge in [-0.05, 0) is 31.2 Å². The van der Waals surface area contributed by atoms with Crippen LogP contribution in [-0.2, 0) is 6.42 Å². The molecule has 0 spiro atoms. The van der Waals surface area contributed by atoms with Crippen molar-refractivity contribution in [1.29, 1.82) is 0 Å². The van der Waals surface area contributed by atoms with Gasteiger partial charge in [-0.3, -0.25) is 0 Å². The molecule has 1 aromatic rings. The Morgan fingerprint density at radius 3 is 1.89 bits per heavy atom. The SMILES string of the molecule is Cc1cc(C)cc(CC23CC([B-](F)(F)F)(C2)C3)c1.[K+]. The Bertz CT molecular complexity index is 470. The molecular weight excluding hydrogens is 275 g/mol. The zero-order valence-electron chi connectivity index (χ0n) is 11.8. The van der Waals surface area contributed by atoms with Crippen LogP contribution in [0, 0.1) is 19.3 Å². The monoisotopic (exact) mass is 292 g/mol. The molecule has 3 aliphatic rings. The first-order valence-electron chi connectivity index (χ1n) is 6.50. The second kappa shape index (κ2) is 4.87. The molecule has 1 aromatic carbocycles. The van der Waals surface area contributed by atoms with Crippen LogP contribution in [0.25, 0.3) is 0 Å². The third-order valence-electron chi connectivity index (χ3n) is 4.74. The smallest absolute Gasteiger partial charge is 0.449 e. The van der Waals surface area contributed by atoms with Crippen molar-refractivity contribution < 1.29 is 64.3 Å². The summed E-state index contributed by atoms with van der Waals surface area (Å²) in [4.78, 5) is 0. The summed E-state index contributed by atoms with van der Waals surface area (Å²) in [5, 5.41) is -1.25.